The first-order valence-corrected chi connectivity index (χ1v) is 11.1. The molecule has 11 heteroatoms. The van der Waals surface area contributed by atoms with E-state index < -0.39 is 48.5 Å². The summed E-state index contributed by atoms with van der Waals surface area (Å²) in [6, 6.07) is 17.4. The summed E-state index contributed by atoms with van der Waals surface area (Å²) in [6.07, 6.45) is -3.56. The molecule has 3 unspecified atom stereocenters. The molecule has 0 fully saturated rings. The Bertz CT molecular complexity index is 1160. The Labute approximate surface area is 200 Å². The fourth-order valence-corrected chi connectivity index (χ4v) is 3.36. The molecule has 3 atom stereocenters. The van der Waals surface area contributed by atoms with Crippen molar-refractivity contribution in [2.24, 2.45) is 0 Å². The van der Waals surface area contributed by atoms with E-state index in [1.807, 2.05) is 0 Å². The minimum atomic E-state index is -1.25. The molecule has 0 radical (unpaired) electrons. The quantitative estimate of drug-likeness (QED) is 0.308. The second kappa shape index (κ2) is 12.2. The van der Waals surface area contributed by atoms with Gasteiger partial charge in [-0.25, -0.2) is 28.1 Å². The standard InChI is InChI=1S/C24H29N3O8/c1-17(28)12-25-22(31)26(13-18(29)15-34-20-8-4-2-5-9-20)24(33)27(23(25)32)14-19(30)16-35-21-10-6-3-7-11-21/h2-11,17-19,28-30H,12-16H2,1H3. The molecule has 3 rings (SSSR count). The van der Waals surface area contributed by atoms with E-state index in [0.29, 0.717) is 25.2 Å². The number of ether oxygens (including phenoxy) is 2. The van der Waals surface area contributed by atoms with Gasteiger partial charge in [0.1, 0.15) is 36.9 Å². The topological polar surface area (TPSA) is 145 Å². The molecule has 0 aliphatic heterocycles. The van der Waals surface area contributed by atoms with Crippen LogP contribution in [0.3, 0.4) is 0 Å². The molecule has 1 aromatic heterocycles. The minimum Gasteiger partial charge on any atom is -0.491 e. The summed E-state index contributed by atoms with van der Waals surface area (Å²) in [5.74, 6) is 0.994. The van der Waals surface area contributed by atoms with Crippen LogP contribution < -0.4 is 26.5 Å². The number of para-hydroxylation sites is 2. The molecule has 1 heterocycles. The van der Waals surface area contributed by atoms with Crippen molar-refractivity contribution in [1.82, 2.24) is 13.7 Å². The summed E-state index contributed by atoms with van der Waals surface area (Å²) in [4.78, 5) is 38.7. The smallest absolute Gasteiger partial charge is 0.336 e. The van der Waals surface area contributed by atoms with Gasteiger partial charge in [-0.1, -0.05) is 36.4 Å². The lowest BCUT2D eigenvalue weighted by molar-refractivity contribution is 0.0804. The van der Waals surface area contributed by atoms with Crippen LogP contribution in [0.25, 0.3) is 0 Å². The van der Waals surface area contributed by atoms with Gasteiger partial charge in [0.15, 0.2) is 0 Å². The Morgan fingerprint density at radius 3 is 1.31 bits per heavy atom. The zero-order valence-electron chi connectivity index (χ0n) is 19.3. The number of aliphatic hydroxyl groups excluding tert-OH is 3. The Balaban J connectivity index is 1.82. The fourth-order valence-electron chi connectivity index (χ4n) is 3.36. The number of aromatic nitrogens is 3. The van der Waals surface area contributed by atoms with Gasteiger partial charge in [-0.2, -0.15) is 0 Å². The number of nitrogens with zero attached hydrogens (tertiary/aromatic N) is 3. The lowest BCUT2D eigenvalue weighted by atomic mass is 10.3. The molecular weight excluding hydrogens is 458 g/mol. The Hall–Kier alpha value is -3.67. The van der Waals surface area contributed by atoms with Crippen molar-refractivity contribution in [3.8, 4) is 11.5 Å². The molecule has 0 saturated heterocycles. The van der Waals surface area contributed by atoms with Crippen LogP contribution in [-0.2, 0) is 19.6 Å². The average molecular weight is 488 g/mol. The van der Waals surface area contributed by atoms with Gasteiger partial charge in [-0.05, 0) is 31.2 Å². The zero-order chi connectivity index (χ0) is 25.4. The van der Waals surface area contributed by atoms with Gasteiger partial charge in [0.2, 0.25) is 0 Å². The summed E-state index contributed by atoms with van der Waals surface area (Å²) in [5, 5.41) is 30.6. The first-order valence-electron chi connectivity index (χ1n) is 11.1. The van der Waals surface area contributed by atoms with Crippen molar-refractivity contribution < 1.29 is 24.8 Å². The maximum absolute atomic E-state index is 13.0. The molecular formula is C24H29N3O8. The highest BCUT2D eigenvalue weighted by Gasteiger charge is 2.21. The normalized spacial score (nSPS) is 13.7. The van der Waals surface area contributed by atoms with Crippen molar-refractivity contribution >= 4 is 0 Å². The first kappa shape index (κ1) is 25.9. The number of rotatable bonds is 12. The second-order valence-electron chi connectivity index (χ2n) is 8.08. The molecule has 3 N–H and O–H groups in total. The predicted octanol–water partition coefficient (Wildman–Crippen LogP) is -0.568. The van der Waals surface area contributed by atoms with E-state index in [9.17, 15) is 29.7 Å². The van der Waals surface area contributed by atoms with Gasteiger partial charge in [0.05, 0.1) is 25.7 Å². The second-order valence-corrected chi connectivity index (χ2v) is 8.08. The van der Waals surface area contributed by atoms with Crippen LogP contribution in [0.5, 0.6) is 11.5 Å². The molecule has 0 amide bonds. The Morgan fingerprint density at radius 1 is 0.629 bits per heavy atom. The van der Waals surface area contributed by atoms with E-state index in [-0.39, 0.29) is 19.8 Å². The first-order chi connectivity index (χ1) is 16.8. The predicted molar refractivity (Wildman–Crippen MR) is 127 cm³/mol. The molecule has 35 heavy (non-hydrogen) atoms. The number of hydrogen-bond donors (Lipinski definition) is 3. The van der Waals surface area contributed by atoms with Crippen molar-refractivity contribution in [3.63, 3.8) is 0 Å². The summed E-state index contributed by atoms with van der Waals surface area (Å²) < 4.78 is 13.0. The van der Waals surface area contributed by atoms with Gasteiger partial charge >= 0.3 is 17.1 Å². The summed E-state index contributed by atoms with van der Waals surface area (Å²) in [6.45, 7) is -0.317. The van der Waals surface area contributed by atoms with E-state index in [1.165, 1.54) is 6.92 Å². The average Bonchev–Trinajstić information content (AvgIpc) is 2.85. The van der Waals surface area contributed by atoms with Gasteiger partial charge in [-0.3, -0.25) is 0 Å². The molecule has 0 saturated carbocycles. The van der Waals surface area contributed by atoms with E-state index in [2.05, 4.69) is 0 Å². The van der Waals surface area contributed by atoms with Crippen molar-refractivity contribution in [2.75, 3.05) is 13.2 Å². The van der Waals surface area contributed by atoms with Crippen molar-refractivity contribution in [2.45, 2.75) is 44.9 Å². The van der Waals surface area contributed by atoms with Gasteiger partial charge < -0.3 is 24.8 Å². The zero-order valence-corrected chi connectivity index (χ0v) is 19.3. The van der Waals surface area contributed by atoms with Crippen LogP contribution in [0.4, 0.5) is 0 Å². The maximum atomic E-state index is 13.0. The van der Waals surface area contributed by atoms with Crippen LogP contribution in [0.1, 0.15) is 6.92 Å². The lowest BCUT2D eigenvalue weighted by Crippen LogP contribution is -2.57. The molecule has 0 bridgehead atoms. The molecule has 0 aliphatic carbocycles. The highest BCUT2D eigenvalue weighted by Crippen LogP contribution is 2.09. The highest BCUT2D eigenvalue weighted by molar-refractivity contribution is 5.21. The Morgan fingerprint density at radius 2 is 0.971 bits per heavy atom. The van der Waals surface area contributed by atoms with Gasteiger partial charge in [0, 0.05) is 0 Å². The highest BCUT2D eigenvalue weighted by atomic mass is 16.5. The molecule has 3 aromatic rings. The number of benzene rings is 2. The van der Waals surface area contributed by atoms with Gasteiger partial charge in [0.25, 0.3) is 0 Å². The van der Waals surface area contributed by atoms with Gasteiger partial charge in [-0.15, -0.1) is 0 Å². The van der Waals surface area contributed by atoms with Crippen LogP contribution >= 0.6 is 0 Å². The molecule has 0 spiro atoms. The van der Waals surface area contributed by atoms with Crippen LogP contribution in [0.15, 0.2) is 75.0 Å². The maximum Gasteiger partial charge on any atom is 0.336 e. The number of aliphatic hydroxyl groups is 3. The van der Waals surface area contributed by atoms with E-state index in [1.54, 1.807) is 60.7 Å². The third-order valence-electron chi connectivity index (χ3n) is 4.99. The largest absolute Gasteiger partial charge is 0.491 e. The lowest BCUT2D eigenvalue weighted by Gasteiger charge is -2.19. The van der Waals surface area contributed by atoms with E-state index in [4.69, 9.17) is 9.47 Å². The van der Waals surface area contributed by atoms with E-state index in [0.717, 1.165) is 0 Å². The third-order valence-corrected chi connectivity index (χ3v) is 4.99. The van der Waals surface area contributed by atoms with Crippen LogP contribution in [-0.4, -0.2) is 60.5 Å². The van der Waals surface area contributed by atoms with E-state index >= 15 is 0 Å². The monoisotopic (exact) mass is 487 g/mol. The Kier molecular flexibility index (Phi) is 9.01. The van der Waals surface area contributed by atoms with Crippen molar-refractivity contribution in [1.29, 1.82) is 0 Å². The van der Waals surface area contributed by atoms with Crippen LogP contribution in [0, 0.1) is 0 Å². The third kappa shape index (κ3) is 7.15. The minimum absolute atomic E-state index is 0.209. The summed E-state index contributed by atoms with van der Waals surface area (Å²) in [7, 11) is 0. The fraction of sp³-hybridized carbons (Fsp3) is 0.375. The summed E-state index contributed by atoms with van der Waals surface area (Å²) >= 11 is 0. The van der Waals surface area contributed by atoms with Crippen molar-refractivity contribution in [3.05, 3.63) is 92.1 Å². The van der Waals surface area contributed by atoms with Crippen LogP contribution in [0.2, 0.25) is 0 Å². The summed E-state index contributed by atoms with van der Waals surface area (Å²) in [5.41, 5.74) is -2.96. The molecule has 11 nitrogen and oxygen atoms in total. The molecule has 188 valence electrons. The molecule has 0 aliphatic rings. The SMILES string of the molecule is CC(O)Cn1c(=O)n(CC(O)COc2ccccc2)c(=O)n(CC(O)COc2ccccc2)c1=O. The number of hydrogen-bond acceptors (Lipinski definition) is 8. The molecule has 2 aromatic carbocycles.